The summed E-state index contributed by atoms with van der Waals surface area (Å²) in [6.45, 7) is 8.57. The SMILES string of the molecule is C=CCN(C)S(=O)(=O)c1ccc(CNC(C)C)cn1. The Morgan fingerprint density at radius 1 is 1.47 bits per heavy atom. The lowest BCUT2D eigenvalue weighted by Gasteiger charge is -2.14. The van der Waals surface area contributed by atoms with Gasteiger partial charge in [-0.05, 0) is 11.6 Å². The predicted octanol–water partition coefficient (Wildman–Crippen LogP) is 1.39. The highest BCUT2D eigenvalue weighted by atomic mass is 32.2. The second-order valence-electron chi connectivity index (χ2n) is 4.61. The summed E-state index contributed by atoms with van der Waals surface area (Å²) in [5, 5.41) is 3.31. The van der Waals surface area contributed by atoms with Crippen LogP contribution < -0.4 is 5.32 Å². The van der Waals surface area contributed by atoms with Crippen molar-refractivity contribution in [1.29, 1.82) is 0 Å². The highest BCUT2D eigenvalue weighted by Gasteiger charge is 2.20. The Kier molecular flexibility index (Phi) is 5.65. The van der Waals surface area contributed by atoms with Crippen LogP contribution in [0.1, 0.15) is 19.4 Å². The van der Waals surface area contributed by atoms with E-state index in [1.165, 1.54) is 17.4 Å². The van der Waals surface area contributed by atoms with Crippen LogP contribution in [0.15, 0.2) is 36.0 Å². The van der Waals surface area contributed by atoms with Crippen LogP contribution in [0.4, 0.5) is 0 Å². The minimum Gasteiger partial charge on any atom is -0.310 e. The molecule has 0 spiro atoms. The molecule has 0 aliphatic rings. The molecule has 0 radical (unpaired) electrons. The Morgan fingerprint density at radius 3 is 2.63 bits per heavy atom. The van der Waals surface area contributed by atoms with E-state index in [1.807, 2.05) is 0 Å². The summed E-state index contributed by atoms with van der Waals surface area (Å²) in [5.74, 6) is 0. The molecule has 1 aromatic rings. The van der Waals surface area contributed by atoms with E-state index >= 15 is 0 Å². The van der Waals surface area contributed by atoms with Gasteiger partial charge in [-0.1, -0.05) is 26.0 Å². The second kappa shape index (κ2) is 6.79. The van der Waals surface area contributed by atoms with Gasteiger partial charge in [0.15, 0.2) is 5.03 Å². The third kappa shape index (κ3) is 4.41. The van der Waals surface area contributed by atoms with Crippen LogP contribution >= 0.6 is 0 Å². The number of pyridine rings is 1. The third-order valence-electron chi connectivity index (χ3n) is 2.57. The molecule has 6 heteroatoms. The number of sulfonamides is 1. The molecule has 0 saturated heterocycles. The van der Waals surface area contributed by atoms with Crippen LogP contribution in [0.2, 0.25) is 0 Å². The normalized spacial score (nSPS) is 12.1. The van der Waals surface area contributed by atoms with Crippen molar-refractivity contribution in [3.63, 3.8) is 0 Å². The van der Waals surface area contributed by atoms with Crippen molar-refractivity contribution in [3.05, 3.63) is 36.5 Å². The number of hydrogen-bond donors (Lipinski definition) is 1. The average molecular weight is 283 g/mol. The smallest absolute Gasteiger partial charge is 0.260 e. The van der Waals surface area contributed by atoms with E-state index < -0.39 is 10.0 Å². The Morgan fingerprint density at radius 2 is 2.16 bits per heavy atom. The van der Waals surface area contributed by atoms with Gasteiger partial charge in [-0.2, -0.15) is 4.31 Å². The second-order valence-corrected chi connectivity index (χ2v) is 6.61. The lowest BCUT2D eigenvalue weighted by molar-refractivity contribution is 0.495. The van der Waals surface area contributed by atoms with Gasteiger partial charge in [0.1, 0.15) is 0 Å². The molecule has 0 saturated carbocycles. The first-order valence-corrected chi connectivity index (χ1v) is 7.57. The van der Waals surface area contributed by atoms with Crippen LogP contribution in [0.5, 0.6) is 0 Å². The molecular weight excluding hydrogens is 262 g/mol. The maximum absolute atomic E-state index is 12.1. The van der Waals surface area contributed by atoms with Gasteiger partial charge in [0, 0.05) is 32.4 Å². The molecule has 0 unspecified atom stereocenters. The molecular formula is C13H21N3O2S. The zero-order chi connectivity index (χ0) is 14.5. The highest BCUT2D eigenvalue weighted by Crippen LogP contribution is 2.12. The Balaban J connectivity index is 2.83. The summed E-state index contributed by atoms with van der Waals surface area (Å²) < 4.78 is 25.4. The fourth-order valence-electron chi connectivity index (χ4n) is 1.43. The summed E-state index contributed by atoms with van der Waals surface area (Å²) >= 11 is 0. The molecule has 0 aromatic carbocycles. The fraction of sp³-hybridized carbons (Fsp3) is 0.462. The van der Waals surface area contributed by atoms with E-state index in [1.54, 1.807) is 18.3 Å². The average Bonchev–Trinajstić information content (AvgIpc) is 2.37. The Labute approximate surface area is 115 Å². The molecule has 5 nitrogen and oxygen atoms in total. The van der Waals surface area contributed by atoms with Crippen LogP contribution in [0, 0.1) is 0 Å². The maximum Gasteiger partial charge on any atom is 0.260 e. The first-order valence-electron chi connectivity index (χ1n) is 6.13. The van der Waals surface area contributed by atoms with Crippen molar-refractivity contribution in [2.24, 2.45) is 0 Å². The van der Waals surface area contributed by atoms with E-state index in [-0.39, 0.29) is 11.6 Å². The van der Waals surface area contributed by atoms with Crippen molar-refractivity contribution >= 4 is 10.0 Å². The molecule has 19 heavy (non-hydrogen) atoms. The number of nitrogens with one attached hydrogen (secondary N) is 1. The van der Waals surface area contributed by atoms with E-state index in [0.29, 0.717) is 12.6 Å². The van der Waals surface area contributed by atoms with Gasteiger partial charge in [-0.15, -0.1) is 6.58 Å². The van der Waals surface area contributed by atoms with Gasteiger partial charge in [0.2, 0.25) is 0 Å². The molecule has 0 atom stereocenters. The summed E-state index contributed by atoms with van der Waals surface area (Å²) in [6, 6.07) is 3.69. The molecule has 0 fully saturated rings. The maximum atomic E-state index is 12.1. The largest absolute Gasteiger partial charge is 0.310 e. The predicted molar refractivity (Wildman–Crippen MR) is 76.2 cm³/mol. The zero-order valence-electron chi connectivity index (χ0n) is 11.6. The Hall–Kier alpha value is -1.24. The van der Waals surface area contributed by atoms with Crippen LogP contribution in [-0.4, -0.2) is 37.3 Å². The molecule has 106 valence electrons. The van der Waals surface area contributed by atoms with Crippen molar-refractivity contribution in [1.82, 2.24) is 14.6 Å². The summed E-state index contributed by atoms with van der Waals surface area (Å²) in [4.78, 5) is 4.03. The number of hydrogen-bond acceptors (Lipinski definition) is 4. The van der Waals surface area contributed by atoms with Gasteiger partial charge in [-0.25, -0.2) is 13.4 Å². The quantitative estimate of drug-likeness (QED) is 0.768. The van der Waals surface area contributed by atoms with E-state index in [9.17, 15) is 8.42 Å². The number of aromatic nitrogens is 1. The monoisotopic (exact) mass is 283 g/mol. The molecule has 1 rings (SSSR count). The molecule has 0 amide bonds. The van der Waals surface area contributed by atoms with E-state index in [4.69, 9.17) is 0 Å². The molecule has 1 N–H and O–H groups in total. The first kappa shape index (κ1) is 15.8. The summed E-state index contributed by atoms with van der Waals surface area (Å²) in [6.07, 6.45) is 3.13. The first-order chi connectivity index (χ1) is 8.87. The van der Waals surface area contributed by atoms with Gasteiger partial charge in [0.25, 0.3) is 10.0 Å². The van der Waals surface area contributed by atoms with Crippen molar-refractivity contribution in [2.75, 3.05) is 13.6 Å². The van der Waals surface area contributed by atoms with Crippen molar-refractivity contribution in [2.45, 2.75) is 31.5 Å². The minimum absolute atomic E-state index is 0.0603. The van der Waals surface area contributed by atoms with Crippen LogP contribution in [0.25, 0.3) is 0 Å². The molecule has 1 heterocycles. The van der Waals surface area contributed by atoms with E-state index in [0.717, 1.165) is 5.56 Å². The topological polar surface area (TPSA) is 62.3 Å². The van der Waals surface area contributed by atoms with Gasteiger partial charge >= 0.3 is 0 Å². The van der Waals surface area contributed by atoms with Crippen LogP contribution in [-0.2, 0) is 16.6 Å². The molecule has 0 aliphatic heterocycles. The Bertz CT molecular complexity index is 509. The van der Waals surface area contributed by atoms with Gasteiger partial charge in [0.05, 0.1) is 0 Å². The lowest BCUT2D eigenvalue weighted by atomic mass is 10.2. The summed E-state index contributed by atoms with van der Waals surface area (Å²) in [7, 11) is -2.01. The lowest BCUT2D eigenvalue weighted by Crippen LogP contribution is -2.28. The van der Waals surface area contributed by atoms with Gasteiger partial charge in [-0.3, -0.25) is 0 Å². The zero-order valence-corrected chi connectivity index (χ0v) is 12.4. The number of rotatable bonds is 7. The number of nitrogens with zero attached hydrogens (tertiary/aromatic N) is 2. The van der Waals surface area contributed by atoms with Crippen molar-refractivity contribution < 1.29 is 8.42 Å². The minimum atomic E-state index is -3.52. The standard InChI is InChI=1S/C13H21N3O2S/c1-5-8-16(4)19(17,18)13-7-6-12(10-15-13)9-14-11(2)3/h5-7,10-11,14H,1,8-9H2,2-4H3. The fourth-order valence-corrected chi connectivity index (χ4v) is 2.48. The molecule has 0 bridgehead atoms. The molecule has 1 aromatic heterocycles. The van der Waals surface area contributed by atoms with Crippen LogP contribution in [0.3, 0.4) is 0 Å². The molecule has 0 aliphatic carbocycles. The van der Waals surface area contributed by atoms with Gasteiger partial charge < -0.3 is 5.32 Å². The van der Waals surface area contributed by atoms with Crippen molar-refractivity contribution in [3.8, 4) is 0 Å². The number of likely N-dealkylation sites (N-methyl/N-ethyl adjacent to an activating group) is 1. The highest BCUT2D eigenvalue weighted by molar-refractivity contribution is 7.89. The summed E-state index contributed by atoms with van der Waals surface area (Å²) in [5.41, 5.74) is 0.957. The third-order valence-corrected chi connectivity index (χ3v) is 4.31. The van der Waals surface area contributed by atoms with E-state index in [2.05, 4.69) is 30.7 Å².